The van der Waals surface area contributed by atoms with Crippen LogP contribution in [-0.4, -0.2) is 48.0 Å². The molecule has 3 nitrogen and oxygen atoms in total. The van der Waals surface area contributed by atoms with Crippen LogP contribution in [0.4, 0.5) is 0 Å². The van der Waals surface area contributed by atoms with Crippen molar-refractivity contribution in [1.82, 2.24) is 4.90 Å². The molecule has 2 aliphatic heterocycles. The molecule has 106 valence electrons. The summed E-state index contributed by atoms with van der Waals surface area (Å²) >= 11 is 0. The summed E-state index contributed by atoms with van der Waals surface area (Å²) < 4.78 is 5.42. The Morgan fingerprint density at radius 3 is 2.39 bits per heavy atom. The second kappa shape index (κ2) is 6.36. The largest absolute Gasteiger partial charge is 0.391 e. The molecule has 2 atom stereocenters. The van der Waals surface area contributed by atoms with Crippen molar-refractivity contribution in [3.05, 3.63) is 0 Å². The lowest BCUT2D eigenvalue weighted by atomic mass is 9.78. The third kappa shape index (κ3) is 2.89. The summed E-state index contributed by atoms with van der Waals surface area (Å²) in [6.07, 6.45) is 6.79. The van der Waals surface area contributed by atoms with E-state index >= 15 is 0 Å². The van der Waals surface area contributed by atoms with Gasteiger partial charge in [-0.05, 0) is 58.0 Å². The Morgan fingerprint density at radius 2 is 1.83 bits per heavy atom. The summed E-state index contributed by atoms with van der Waals surface area (Å²) in [7, 11) is 0. The molecule has 2 unspecified atom stereocenters. The fourth-order valence-electron chi connectivity index (χ4n) is 3.56. The van der Waals surface area contributed by atoms with Gasteiger partial charge in [-0.3, -0.25) is 4.90 Å². The van der Waals surface area contributed by atoms with Crippen LogP contribution in [0.15, 0.2) is 0 Å². The van der Waals surface area contributed by atoms with Crippen LogP contribution < -0.4 is 0 Å². The zero-order valence-electron chi connectivity index (χ0n) is 12.0. The fourth-order valence-corrected chi connectivity index (χ4v) is 3.56. The van der Waals surface area contributed by atoms with E-state index in [9.17, 15) is 5.11 Å². The number of nitrogens with zero attached hydrogens (tertiary/aromatic N) is 1. The van der Waals surface area contributed by atoms with Crippen LogP contribution in [-0.2, 0) is 4.74 Å². The molecule has 1 N–H and O–H groups in total. The number of aliphatic hydroxyl groups excluding tert-OH is 1. The maximum atomic E-state index is 10.8. The SMILES string of the molecule is CCC(C)(C(O)C1CCOCC1)N1CCCCC1. The number of hydrogen-bond acceptors (Lipinski definition) is 3. The highest BCUT2D eigenvalue weighted by Crippen LogP contribution is 2.34. The molecular weight excluding hydrogens is 226 g/mol. The average molecular weight is 255 g/mol. The Hall–Kier alpha value is -0.120. The first-order chi connectivity index (χ1) is 8.68. The average Bonchev–Trinajstić information content (AvgIpc) is 2.47. The van der Waals surface area contributed by atoms with Crippen molar-refractivity contribution in [1.29, 1.82) is 0 Å². The topological polar surface area (TPSA) is 32.7 Å². The summed E-state index contributed by atoms with van der Waals surface area (Å²) in [6.45, 7) is 8.44. The monoisotopic (exact) mass is 255 g/mol. The molecule has 2 rings (SSSR count). The van der Waals surface area contributed by atoms with Crippen LogP contribution >= 0.6 is 0 Å². The van der Waals surface area contributed by atoms with Crippen molar-refractivity contribution in [3.8, 4) is 0 Å². The molecule has 0 aromatic rings. The van der Waals surface area contributed by atoms with Crippen LogP contribution in [0.25, 0.3) is 0 Å². The molecule has 18 heavy (non-hydrogen) atoms. The maximum absolute atomic E-state index is 10.8. The highest BCUT2D eigenvalue weighted by Gasteiger charge is 2.41. The van der Waals surface area contributed by atoms with Crippen molar-refractivity contribution < 1.29 is 9.84 Å². The van der Waals surface area contributed by atoms with Crippen molar-refractivity contribution in [2.24, 2.45) is 5.92 Å². The zero-order valence-corrected chi connectivity index (χ0v) is 12.0. The molecule has 0 amide bonds. The second-order valence-electron chi connectivity index (χ2n) is 6.15. The van der Waals surface area contributed by atoms with Gasteiger partial charge in [-0.1, -0.05) is 13.3 Å². The van der Waals surface area contributed by atoms with E-state index < -0.39 is 0 Å². The van der Waals surface area contributed by atoms with E-state index in [4.69, 9.17) is 4.74 Å². The Labute approximate surface area is 112 Å². The second-order valence-corrected chi connectivity index (χ2v) is 6.15. The van der Waals surface area contributed by atoms with Gasteiger partial charge >= 0.3 is 0 Å². The van der Waals surface area contributed by atoms with Crippen molar-refractivity contribution in [3.63, 3.8) is 0 Å². The predicted molar refractivity (Wildman–Crippen MR) is 73.7 cm³/mol. The van der Waals surface area contributed by atoms with Crippen LogP contribution in [0.5, 0.6) is 0 Å². The summed E-state index contributed by atoms with van der Waals surface area (Å²) in [5.41, 5.74) is -0.0393. The molecule has 0 saturated carbocycles. The van der Waals surface area contributed by atoms with E-state index in [1.807, 2.05) is 0 Å². The van der Waals surface area contributed by atoms with E-state index in [2.05, 4.69) is 18.7 Å². The minimum atomic E-state index is -0.204. The number of ether oxygens (including phenoxy) is 1. The quantitative estimate of drug-likeness (QED) is 0.837. The molecule has 2 heterocycles. The molecule has 0 radical (unpaired) electrons. The van der Waals surface area contributed by atoms with Gasteiger partial charge in [0.25, 0.3) is 0 Å². The molecule has 0 aliphatic carbocycles. The van der Waals surface area contributed by atoms with Crippen molar-refractivity contribution >= 4 is 0 Å². The number of likely N-dealkylation sites (tertiary alicyclic amines) is 1. The summed E-state index contributed by atoms with van der Waals surface area (Å²) in [5, 5.41) is 10.8. The lowest BCUT2D eigenvalue weighted by molar-refractivity contribution is -0.0849. The summed E-state index contributed by atoms with van der Waals surface area (Å²) in [6, 6.07) is 0. The number of piperidine rings is 1. The fraction of sp³-hybridized carbons (Fsp3) is 1.00. The molecule has 2 saturated heterocycles. The first kappa shape index (κ1) is 14.3. The lowest BCUT2D eigenvalue weighted by Gasteiger charge is -2.48. The predicted octanol–water partition coefficient (Wildman–Crippen LogP) is 2.43. The van der Waals surface area contributed by atoms with Gasteiger partial charge in [-0.25, -0.2) is 0 Å². The van der Waals surface area contributed by atoms with Gasteiger partial charge in [0.05, 0.1) is 6.10 Å². The molecule has 0 aromatic heterocycles. The Morgan fingerprint density at radius 1 is 1.22 bits per heavy atom. The number of rotatable bonds is 4. The first-order valence-electron chi connectivity index (χ1n) is 7.69. The molecule has 0 bridgehead atoms. The van der Waals surface area contributed by atoms with Crippen LogP contribution in [0, 0.1) is 5.92 Å². The van der Waals surface area contributed by atoms with E-state index in [0.717, 1.165) is 45.6 Å². The Kier molecular flexibility index (Phi) is 5.05. The van der Waals surface area contributed by atoms with Gasteiger partial charge in [0.1, 0.15) is 0 Å². The number of hydrogen-bond donors (Lipinski definition) is 1. The smallest absolute Gasteiger partial charge is 0.0750 e. The van der Waals surface area contributed by atoms with E-state index in [0.29, 0.717) is 5.92 Å². The van der Waals surface area contributed by atoms with Crippen LogP contribution in [0.1, 0.15) is 52.4 Å². The third-order valence-corrected chi connectivity index (χ3v) is 5.14. The maximum Gasteiger partial charge on any atom is 0.0750 e. The highest BCUT2D eigenvalue weighted by atomic mass is 16.5. The normalized spacial score (nSPS) is 28.8. The van der Waals surface area contributed by atoms with Gasteiger partial charge < -0.3 is 9.84 Å². The Balaban J connectivity index is 2.03. The van der Waals surface area contributed by atoms with E-state index in [1.54, 1.807) is 0 Å². The summed E-state index contributed by atoms with van der Waals surface area (Å²) in [5.74, 6) is 0.422. The Bertz CT molecular complexity index is 247. The first-order valence-corrected chi connectivity index (χ1v) is 7.69. The molecule has 2 fully saturated rings. The standard InChI is InChI=1S/C15H29NO2/c1-3-15(2,16-9-5-4-6-10-16)14(17)13-7-11-18-12-8-13/h13-14,17H,3-12H2,1-2H3. The van der Waals surface area contributed by atoms with Gasteiger partial charge in [0.2, 0.25) is 0 Å². The van der Waals surface area contributed by atoms with Crippen molar-refractivity contribution in [2.45, 2.75) is 64.0 Å². The molecule has 3 heteroatoms. The summed E-state index contributed by atoms with van der Waals surface area (Å²) in [4.78, 5) is 2.54. The van der Waals surface area contributed by atoms with Gasteiger partial charge in [0.15, 0.2) is 0 Å². The van der Waals surface area contributed by atoms with Crippen LogP contribution in [0.2, 0.25) is 0 Å². The molecule has 0 aromatic carbocycles. The van der Waals surface area contributed by atoms with E-state index in [1.165, 1.54) is 19.3 Å². The van der Waals surface area contributed by atoms with Gasteiger partial charge in [0, 0.05) is 18.8 Å². The number of aliphatic hydroxyl groups is 1. The van der Waals surface area contributed by atoms with E-state index in [-0.39, 0.29) is 11.6 Å². The minimum Gasteiger partial charge on any atom is -0.391 e. The zero-order chi connectivity index (χ0) is 13.0. The minimum absolute atomic E-state index is 0.0393. The van der Waals surface area contributed by atoms with Crippen molar-refractivity contribution in [2.75, 3.05) is 26.3 Å². The van der Waals surface area contributed by atoms with Crippen LogP contribution in [0.3, 0.4) is 0 Å². The third-order valence-electron chi connectivity index (χ3n) is 5.14. The van der Waals surface area contributed by atoms with Gasteiger partial charge in [-0.15, -0.1) is 0 Å². The highest BCUT2D eigenvalue weighted by molar-refractivity contribution is 4.96. The molecule has 2 aliphatic rings. The van der Waals surface area contributed by atoms with Gasteiger partial charge in [-0.2, -0.15) is 0 Å². The molecular formula is C15H29NO2. The lowest BCUT2D eigenvalue weighted by Crippen LogP contribution is -2.58. The molecule has 0 spiro atoms.